The maximum Gasteiger partial charge on any atom is 0.417 e. The molecule has 0 spiro atoms. The zero-order valence-electron chi connectivity index (χ0n) is 12.1. The van der Waals surface area contributed by atoms with Gasteiger partial charge in [-0.05, 0) is 26.8 Å². The van der Waals surface area contributed by atoms with Gasteiger partial charge in [-0.25, -0.2) is 0 Å². The third-order valence-corrected chi connectivity index (χ3v) is 2.92. The van der Waals surface area contributed by atoms with Crippen LogP contribution in [-0.4, -0.2) is 29.5 Å². The fraction of sp³-hybridized carbons (Fsp3) is 0.571. The summed E-state index contributed by atoms with van der Waals surface area (Å²) in [5.41, 5.74) is 0.470. The molecule has 0 fully saturated rings. The molecule has 1 aromatic rings. The van der Waals surface area contributed by atoms with Gasteiger partial charge in [-0.15, -0.1) is 0 Å². The number of alkyl halides is 3. The predicted octanol–water partition coefficient (Wildman–Crippen LogP) is 3.53. The van der Waals surface area contributed by atoms with Crippen molar-refractivity contribution in [2.24, 2.45) is 0 Å². The van der Waals surface area contributed by atoms with Gasteiger partial charge in [0.2, 0.25) is 0 Å². The van der Waals surface area contributed by atoms with E-state index in [9.17, 15) is 13.2 Å². The summed E-state index contributed by atoms with van der Waals surface area (Å²) < 4.78 is 41.9. The highest BCUT2D eigenvalue weighted by atomic mass is 35.5. The van der Waals surface area contributed by atoms with Crippen LogP contribution in [0.5, 0.6) is 5.75 Å². The molecule has 0 aliphatic carbocycles. The van der Waals surface area contributed by atoms with Crippen LogP contribution in [0.25, 0.3) is 0 Å². The Kier molecular flexibility index (Phi) is 5.90. The molecule has 120 valence electrons. The number of hydrogen-bond acceptors (Lipinski definition) is 3. The molecule has 0 heterocycles. The van der Waals surface area contributed by atoms with Crippen molar-refractivity contribution in [3.63, 3.8) is 0 Å². The normalized spacial score (nSPS) is 14.1. The summed E-state index contributed by atoms with van der Waals surface area (Å²) in [6.07, 6.45) is -7.26. The average Bonchev–Trinajstić information content (AvgIpc) is 2.32. The molecule has 0 saturated heterocycles. The van der Waals surface area contributed by atoms with E-state index in [0.717, 1.165) is 0 Å². The van der Waals surface area contributed by atoms with E-state index < -0.39 is 18.9 Å². The Morgan fingerprint density at radius 3 is 2.43 bits per heavy atom. The van der Waals surface area contributed by atoms with Gasteiger partial charge in [0.25, 0.3) is 0 Å². The molecule has 21 heavy (non-hydrogen) atoms. The van der Waals surface area contributed by atoms with Gasteiger partial charge < -0.3 is 15.2 Å². The summed E-state index contributed by atoms with van der Waals surface area (Å²) in [5, 5.41) is 12.4. The quantitative estimate of drug-likeness (QED) is 0.870. The van der Waals surface area contributed by atoms with Gasteiger partial charge in [0.1, 0.15) is 12.4 Å². The Balaban J connectivity index is 2.81. The van der Waals surface area contributed by atoms with Gasteiger partial charge >= 0.3 is 6.18 Å². The Morgan fingerprint density at radius 2 is 1.90 bits per heavy atom. The van der Waals surface area contributed by atoms with E-state index >= 15 is 0 Å². The highest BCUT2D eigenvalue weighted by Crippen LogP contribution is 2.30. The van der Waals surface area contributed by atoms with Crippen LogP contribution in [0.2, 0.25) is 5.02 Å². The average molecular weight is 326 g/mol. The maximum atomic E-state index is 12.3. The molecule has 1 aromatic carbocycles. The van der Waals surface area contributed by atoms with Crippen LogP contribution >= 0.6 is 11.6 Å². The zero-order valence-corrected chi connectivity index (χ0v) is 12.8. The van der Waals surface area contributed by atoms with E-state index in [2.05, 4.69) is 5.32 Å². The number of ether oxygens (including phenoxy) is 1. The van der Waals surface area contributed by atoms with Gasteiger partial charge in [-0.2, -0.15) is 13.2 Å². The summed E-state index contributed by atoms with van der Waals surface area (Å²) >= 11 is 5.96. The minimum Gasteiger partial charge on any atom is -0.489 e. The van der Waals surface area contributed by atoms with E-state index in [-0.39, 0.29) is 16.3 Å². The van der Waals surface area contributed by atoms with E-state index in [4.69, 9.17) is 21.4 Å². The third-order valence-electron chi connectivity index (χ3n) is 2.62. The van der Waals surface area contributed by atoms with Crippen LogP contribution < -0.4 is 10.1 Å². The van der Waals surface area contributed by atoms with Crippen molar-refractivity contribution in [3.8, 4) is 5.75 Å². The summed E-state index contributed by atoms with van der Waals surface area (Å²) in [7, 11) is 0. The lowest BCUT2D eigenvalue weighted by Crippen LogP contribution is -2.36. The van der Waals surface area contributed by atoms with E-state index in [1.165, 1.54) is 6.07 Å². The number of aliphatic hydroxyl groups excluding tert-OH is 1. The molecule has 0 aliphatic rings. The number of aliphatic hydroxyl groups is 1. The number of hydrogen-bond donors (Lipinski definition) is 2. The maximum absolute atomic E-state index is 12.3. The van der Waals surface area contributed by atoms with Crippen molar-refractivity contribution >= 4 is 11.6 Å². The summed E-state index contributed by atoms with van der Waals surface area (Å²) in [5.74, 6) is 0.152. The molecule has 3 nitrogen and oxygen atoms in total. The van der Waals surface area contributed by atoms with Crippen LogP contribution in [0.15, 0.2) is 18.2 Å². The molecule has 0 amide bonds. The Hall–Kier alpha value is -0.980. The predicted molar refractivity (Wildman–Crippen MR) is 75.6 cm³/mol. The molecule has 0 saturated carbocycles. The van der Waals surface area contributed by atoms with Crippen molar-refractivity contribution in [1.82, 2.24) is 5.32 Å². The third kappa shape index (κ3) is 6.11. The standard InChI is InChI=1S/C14H19ClF3NO2/c1-13(2,3)19-7-9-5-4-6-10(15)12(9)21-8-11(20)14(16,17)18/h4-6,11,19-20H,7-8H2,1-3H3. The smallest absolute Gasteiger partial charge is 0.417 e. The van der Waals surface area contributed by atoms with Crippen LogP contribution in [0, 0.1) is 0 Å². The van der Waals surface area contributed by atoms with Gasteiger partial charge in [-0.1, -0.05) is 23.7 Å². The largest absolute Gasteiger partial charge is 0.489 e. The second-order valence-electron chi connectivity index (χ2n) is 5.70. The first-order chi connectivity index (χ1) is 9.50. The van der Waals surface area contributed by atoms with Crippen LogP contribution in [-0.2, 0) is 6.54 Å². The first-order valence-corrected chi connectivity index (χ1v) is 6.78. The summed E-state index contributed by atoms with van der Waals surface area (Å²) in [4.78, 5) is 0. The van der Waals surface area contributed by atoms with Crippen LogP contribution in [0.4, 0.5) is 13.2 Å². The minimum absolute atomic E-state index is 0.152. The molecule has 1 unspecified atom stereocenters. The second-order valence-corrected chi connectivity index (χ2v) is 6.11. The molecular weight excluding hydrogens is 307 g/mol. The van der Waals surface area contributed by atoms with Crippen molar-refractivity contribution in [1.29, 1.82) is 0 Å². The molecule has 2 N–H and O–H groups in total. The highest BCUT2D eigenvalue weighted by Gasteiger charge is 2.38. The zero-order chi connectivity index (χ0) is 16.3. The van der Waals surface area contributed by atoms with Crippen molar-refractivity contribution < 1.29 is 23.0 Å². The van der Waals surface area contributed by atoms with Crippen LogP contribution in [0.3, 0.4) is 0 Å². The van der Waals surface area contributed by atoms with Gasteiger partial charge in [-0.3, -0.25) is 0 Å². The Bertz CT molecular complexity index is 472. The SMILES string of the molecule is CC(C)(C)NCc1cccc(Cl)c1OCC(O)C(F)(F)F. The molecule has 1 rings (SSSR count). The fourth-order valence-electron chi connectivity index (χ4n) is 1.47. The summed E-state index contributed by atoms with van der Waals surface area (Å²) in [6.45, 7) is 5.39. The van der Waals surface area contributed by atoms with Crippen molar-refractivity contribution in [3.05, 3.63) is 28.8 Å². The fourth-order valence-corrected chi connectivity index (χ4v) is 1.72. The minimum atomic E-state index is -4.72. The van der Waals surface area contributed by atoms with Gasteiger partial charge in [0, 0.05) is 17.6 Å². The Labute approximate surface area is 127 Å². The lowest BCUT2D eigenvalue weighted by molar-refractivity contribution is -0.210. The highest BCUT2D eigenvalue weighted by molar-refractivity contribution is 6.32. The number of rotatable bonds is 5. The number of nitrogens with one attached hydrogen (secondary N) is 1. The Morgan fingerprint density at radius 1 is 1.29 bits per heavy atom. The lowest BCUT2D eigenvalue weighted by Gasteiger charge is -2.22. The molecule has 0 radical (unpaired) electrons. The number of halogens is 4. The van der Waals surface area contributed by atoms with E-state index in [1.54, 1.807) is 12.1 Å². The molecule has 7 heteroatoms. The molecular formula is C14H19ClF3NO2. The molecule has 0 aromatic heterocycles. The number of benzene rings is 1. The van der Waals surface area contributed by atoms with Crippen LogP contribution in [0.1, 0.15) is 26.3 Å². The lowest BCUT2D eigenvalue weighted by atomic mass is 10.1. The van der Waals surface area contributed by atoms with Gasteiger partial charge in [0.15, 0.2) is 6.10 Å². The van der Waals surface area contributed by atoms with Gasteiger partial charge in [0.05, 0.1) is 5.02 Å². The first kappa shape index (κ1) is 18.1. The second kappa shape index (κ2) is 6.85. The summed E-state index contributed by atoms with van der Waals surface area (Å²) in [6, 6.07) is 4.92. The first-order valence-electron chi connectivity index (χ1n) is 6.40. The van der Waals surface area contributed by atoms with Crippen molar-refractivity contribution in [2.75, 3.05) is 6.61 Å². The molecule has 0 bridgehead atoms. The van der Waals surface area contributed by atoms with Crippen molar-refractivity contribution in [2.45, 2.75) is 45.1 Å². The monoisotopic (exact) mass is 325 g/mol. The van der Waals surface area contributed by atoms with E-state index in [1.807, 2.05) is 20.8 Å². The number of para-hydroxylation sites is 1. The van der Waals surface area contributed by atoms with E-state index in [0.29, 0.717) is 12.1 Å². The molecule has 1 atom stereocenters. The topological polar surface area (TPSA) is 41.5 Å². The molecule has 0 aliphatic heterocycles.